The third-order valence-electron chi connectivity index (χ3n) is 5.51. The number of hydrogen-bond acceptors (Lipinski definition) is 5. The first-order chi connectivity index (χ1) is 14.7. The topological polar surface area (TPSA) is 98.2 Å². The molecule has 2 aromatic heterocycles. The molecule has 0 bridgehead atoms. The van der Waals surface area contributed by atoms with Crippen molar-refractivity contribution in [2.24, 2.45) is 5.10 Å². The molecule has 1 aliphatic rings. The summed E-state index contributed by atoms with van der Waals surface area (Å²) in [5, 5.41) is 7.64. The first-order valence-electron chi connectivity index (χ1n) is 10.2. The molecule has 0 radical (unpaired) electrons. The molecule has 1 saturated carbocycles. The highest BCUT2D eigenvalue weighted by Gasteiger charge is 2.26. The van der Waals surface area contributed by atoms with E-state index >= 15 is 0 Å². The van der Waals surface area contributed by atoms with Crippen LogP contribution in [0.4, 0.5) is 5.82 Å². The fourth-order valence-corrected chi connectivity index (χ4v) is 3.98. The molecule has 2 aromatic carbocycles. The summed E-state index contributed by atoms with van der Waals surface area (Å²) in [6.07, 6.45) is 5.95. The van der Waals surface area contributed by atoms with Crippen LogP contribution < -0.4 is 11.1 Å². The van der Waals surface area contributed by atoms with Crippen LogP contribution in [0.3, 0.4) is 0 Å². The molecule has 7 nitrogen and oxygen atoms in total. The molecule has 1 aliphatic carbocycles. The molecule has 0 atom stereocenters. The second-order valence-electron chi connectivity index (χ2n) is 7.57. The van der Waals surface area contributed by atoms with Crippen LogP contribution in [0.1, 0.15) is 41.6 Å². The van der Waals surface area contributed by atoms with E-state index in [0.29, 0.717) is 22.2 Å². The molecular formula is C23H22N6O. The quantitative estimate of drug-likeness (QED) is 0.512. The van der Waals surface area contributed by atoms with Crippen molar-refractivity contribution < 1.29 is 4.79 Å². The van der Waals surface area contributed by atoms with Gasteiger partial charge in [-0.15, -0.1) is 0 Å². The normalized spacial score (nSPS) is 14.8. The molecule has 2 heterocycles. The molecule has 0 saturated heterocycles. The Morgan fingerprint density at radius 3 is 2.43 bits per heavy atom. The summed E-state index contributed by atoms with van der Waals surface area (Å²) >= 11 is 0. The number of carbonyl (C=O) groups excluding carboxylic acids is 1. The van der Waals surface area contributed by atoms with E-state index in [2.05, 4.69) is 10.4 Å². The molecular weight excluding hydrogens is 376 g/mol. The van der Waals surface area contributed by atoms with Gasteiger partial charge in [-0.1, -0.05) is 55.3 Å². The van der Waals surface area contributed by atoms with Gasteiger partial charge in [-0.25, -0.2) is 9.97 Å². The lowest BCUT2D eigenvalue weighted by Crippen LogP contribution is -2.33. The van der Waals surface area contributed by atoms with Gasteiger partial charge in [-0.05, 0) is 30.5 Å². The van der Waals surface area contributed by atoms with Crippen molar-refractivity contribution in [1.82, 2.24) is 20.0 Å². The number of nitrogens with zero attached hydrogens (tertiary/aromatic N) is 4. The van der Waals surface area contributed by atoms with Gasteiger partial charge in [0.15, 0.2) is 5.65 Å². The van der Waals surface area contributed by atoms with Crippen LogP contribution in [0, 0.1) is 0 Å². The number of hydrogen-bond donors (Lipinski definition) is 2. The summed E-state index contributed by atoms with van der Waals surface area (Å²) in [5.74, 6) is 0.0191. The minimum atomic E-state index is -0.220. The second kappa shape index (κ2) is 7.59. The lowest BCUT2D eigenvalue weighted by atomic mass is 10.2. The molecule has 5 rings (SSSR count). The molecule has 7 heteroatoms. The van der Waals surface area contributed by atoms with Crippen molar-refractivity contribution in [2.45, 2.75) is 31.7 Å². The van der Waals surface area contributed by atoms with Gasteiger partial charge in [0.05, 0.1) is 17.2 Å². The van der Waals surface area contributed by atoms with Crippen LogP contribution in [-0.4, -0.2) is 32.8 Å². The third-order valence-corrected chi connectivity index (χ3v) is 5.51. The van der Waals surface area contributed by atoms with Crippen molar-refractivity contribution in [1.29, 1.82) is 0 Å². The van der Waals surface area contributed by atoms with Gasteiger partial charge in [-0.2, -0.15) is 9.78 Å². The maximum Gasteiger partial charge on any atom is 0.257 e. The maximum atomic E-state index is 13.1. The van der Waals surface area contributed by atoms with Crippen LogP contribution in [0.2, 0.25) is 0 Å². The minimum Gasteiger partial charge on any atom is -0.383 e. The number of nitrogens with one attached hydrogen (secondary N) is 1. The summed E-state index contributed by atoms with van der Waals surface area (Å²) in [4.78, 5) is 22.6. The zero-order valence-electron chi connectivity index (χ0n) is 16.5. The van der Waals surface area contributed by atoms with Gasteiger partial charge in [0.25, 0.3) is 5.91 Å². The van der Waals surface area contributed by atoms with E-state index < -0.39 is 0 Å². The highest BCUT2D eigenvalue weighted by atomic mass is 16.1. The molecule has 0 aliphatic heterocycles. The zero-order valence-corrected chi connectivity index (χ0v) is 16.5. The number of para-hydroxylation sites is 2. The van der Waals surface area contributed by atoms with Crippen LogP contribution in [0.5, 0.6) is 0 Å². The standard InChI is InChI=1S/C23H22N6O/c24-21-19(23(30)26-16-10-4-5-11-16)20-22(28-18-13-7-6-12-17(18)27-20)29(21)25-14-15-8-2-1-3-9-15/h1-3,6-9,12-14,16H,4-5,10-11,24H2,(H,26,30). The Hall–Kier alpha value is -3.74. The Kier molecular flexibility index (Phi) is 4.63. The fourth-order valence-electron chi connectivity index (χ4n) is 3.98. The number of amides is 1. The van der Waals surface area contributed by atoms with E-state index in [1.807, 2.05) is 54.6 Å². The number of rotatable bonds is 4. The van der Waals surface area contributed by atoms with Crippen molar-refractivity contribution in [3.05, 3.63) is 65.7 Å². The van der Waals surface area contributed by atoms with Gasteiger partial charge < -0.3 is 11.1 Å². The number of nitrogen functional groups attached to an aromatic ring is 1. The number of fused-ring (bicyclic) bond motifs is 2. The average Bonchev–Trinajstić information content (AvgIpc) is 3.36. The van der Waals surface area contributed by atoms with E-state index in [0.717, 1.165) is 36.8 Å². The van der Waals surface area contributed by atoms with Crippen molar-refractivity contribution in [3.63, 3.8) is 0 Å². The highest BCUT2D eigenvalue weighted by molar-refractivity contribution is 6.10. The average molecular weight is 398 g/mol. The summed E-state index contributed by atoms with van der Waals surface area (Å²) < 4.78 is 1.51. The Balaban J connectivity index is 1.66. The Morgan fingerprint density at radius 1 is 1.03 bits per heavy atom. The summed E-state index contributed by atoms with van der Waals surface area (Å²) in [6.45, 7) is 0. The first-order valence-corrected chi connectivity index (χ1v) is 10.2. The number of carbonyl (C=O) groups is 1. The van der Waals surface area contributed by atoms with Crippen LogP contribution in [0.25, 0.3) is 22.2 Å². The number of aromatic nitrogens is 3. The van der Waals surface area contributed by atoms with Gasteiger partial charge in [-0.3, -0.25) is 4.79 Å². The molecule has 1 amide bonds. The number of anilines is 1. The predicted molar refractivity (Wildman–Crippen MR) is 119 cm³/mol. The molecule has 150 valence electrons. The SMILES string of the molecule is Nc1c(C(=O)NC2CCCC2)c2nc3ccccc3nc2n1N=Cc1ccccc1. The van der Waals surface area contributed by atoms with E-state index in [-0.39, 0.29) is 17.8 Å². The van der Waals surface area contributed by atoms with E-state index in [1.54, 1.807) is 6.21 Å². The smallest absolute Gasteiger partial charge is 0.257 e. The Bertz CT molecular complexity index is 1260. The van der Waals surface area contributed by atoms with Gasteiger partial charge in [0, 0.05) is 6.04 Å². The Morgan fingerprint density at radius 2 is 1.70 bits per heavy atom. The molecule has 4 aromatic rings. The summed E-state index contributed by atoms with van der Waals surface area (Å²) in [7, 11) is 0. The Labute approximate surface area is 173 Å². The number of benzene rings is 2. The van der Waals surface area contributed by atoms with Crippen LogP contribution >= 0.6 is 0 Å². The van der Waals surface area contributed by atoms with Gasteiger partial charge >= 0.3 is 0 Å². The van der Waals surface area contributed by atoms with Gasteiger partial charge in [0.2, 0.25) is 0 Å². The van der Waals surface area contributed by atoms with Crippen LogP contribution in [0.15, 0.2) is 59.7 Å². The van der Waals surface area contributed by atoms with Gasteiger partial charge in [0.1, 0.15) is 16.9 Å². The predicted octanol–water partition coefficient (Wildman–Crippen LogP) is 3.72. The van der Waals surface area contributed by atoms with Crippen molar-refractivity contribution >= 4 is 40.1 Å². The summed E-state index contributed by atoms with van der Waals surface area (Å²) in [6, 6.07) is 17.4. The third kappa shape index (κ3) is 3.28. The molecule has 0 spiro atoms. The maximum absolute atomic E-state index is 13.1. The highest BCUT2D eigenvalue weighted by Crippen LogP contribution is 2.28. The molecule has 1 fully saturated rings. The van der Waals surface area contributed by atoms with Crippen LogP contribution in [-0.2, 0) is 0 Å². The second-order valence-corrected chi connectivity index (χ2v) is 7.57. The van der Waals surface area contributed by atoms with E-state index in [9.17, 15) is 4.79 Å². The van der Waals surface area contributed by atoms with E-state index in [1.165, 1.54) is 4.68 Å². The monoisotopic (exact) mass is 398 g/mol. The lowest BCUT2D eigenvalue weighted by molar-refractivity contribution is 0.0940. The van der Waals surface area contributed by atoms with Crippen molar-refractivity contribution in [2.75, 3.05) is 5.73 Å². The fraction of sp³-hybridized carbons (Fsp3) is 0.217. The van der Waals surface area contributed by atoms with Crippen molar-refractivity contribution in [3.8, 4) is 0 Å². The van der Waals surface area contributed by atoms with E-state index in [4.69, 9.17) is 15.7 Å². The molecule has 3 N–H and O–H groups in total. The minimum absolute atomic E-state index is 0.177. The first kappa shape index (κ1) is 18.3. The number of nitrogens with two attached hydrogens (primary N) is 1. The lowest BCUT2D eigenvalue weighted by Gasteiger charge is -2.11. The zero-order chi connectivity index (χ0) is 20.5. The summed E-state index contributed by atoms with van der Waals surface area (Å²) in [5.41, 5.74) is 10.0. The largest absolute Gasteiger partial charge is 0.383 e. The molecule has 0 unspecified atom stereocenters. The molecule has 30 heavy (non-hydrogen) atoms.